The van der Waals surface area contributed by atoms with Crippen LogP contribution in [-0.2, 0) is 17.9 Å². The van der Waals surface area contributed by atoms with Crippen molar-refractivity contribution in [1.82, 2.24) is 0 Å². The van der Waals surface area contributed by atoms with E-state index in [0.717, 1.165) is 11.1 Å². The minimum absolute atomic E-state index is 0.278. The molecule has 7 rings (SSSR count). The van der Waals surface area contributed by atoms with Gasteiger partial charge in [0.2, 0.25) is 0 Å². The van der Waals surface area contributed by atoms with Gasteiger partial charge in [-0.2, -0.15) is 0 Å². The van der Waals surface area contributed by atoms with Crippen molar-refractivity contribution in [2.45, 2.75) is 96.4 Å². The fourth-order valence-corrected chi connectivity index (χ4v) is 32.9. The van der Waals surface area contributed by atoms with Gasteiger partial charge in [-0.05, 0) is 0 Å². The SMILES string of the molecule is CC1=C2c3ccccc3[CH]1[Zr]([Cl])([Cl])[CH]1C(C)=C(c3ccccc31)[Si]2(C1CCCCC1)C1CCCCC1. The molecule has 0 aromatic heterocycles. The van der Waals surface area contributed by atoms with Crippen LogP contribution >= 0.6 is 17.0 Å². The zero-order valence-corrected chi connectivity index (χ0v) is 26.7. The van der Waals surface area contributed by atoms with Gasteiger partial charge in [-0.15, -0.1) is 0 Å². The molecule has 0 radical (unpaired) electrons. The zero-order chi connectivity index (χ0) is 24.7. The predicted molar refractivity (Wildman–Crippen MR) is 155 cm³/mol. The molecule has 5 aliphatic rings. The molecule has 4 bridgehead atoms. The molecule has 36 heavy (non-hydrogen) atoms. The van der Waals surface area contributed by atoms with Crippen LogP contribution in [-0.4, -0.2) is 8.07 Å². The van der Waals surface area contributed by atoms with E-state index in [1.54, 1.807) is 22.3 Å². The molecule has 2 aromatic rings. The first-order chi connectivity index (χ1) is 17.5. The van der Waals surface area contributed by atoms with Crippen molar-refractivity contribution < 1.29 is 17.9 Å². The van der Waals surface area contributed by atoms with Gasteiger partial charge < -0.3 is 0 Å². The molecule has 0 amide bonds. The number of allylic oxidation sites excluding steroid dienone is 2. The van der Waals surface area contributed by atoms with Crippen LogP contribution in [0.2, 0.25) is 11.1 Å². The zero-order valence-electron chi connectivity index (χ0n) is 21.8. The summed E-state index contributed by atoms with van der Waals surface area (Å²) in [5, 5.41) is 3.63. The Labute approximate surface area is 230 Å². The summed E-state index contributed by atoms with van der Waals surface area (Å²) in [5.74, 6) is 0. The summed E-state index contributed by atoms with van der Waals surface area (Å²) in [6.45, 7) is 4.96. The molecule has 4 heteroatoms. The Morgan fingerprint density at radius 3 is 1.42 bits per heavy atom. The van der Waals surface area contributed by atoms with Gasteiger partial charge in [0, 0.05) is 0 Å². The van der Waals surface area contributed by atoms with Crippen LogP contribution in [0, 0.1) is 0 Å². The van der Waals surface area contributed by atoms with Crippen molar-refractivity contribution in [3.63, 3.8) is 0 Å². The van der Waals surface area contributed by atoms with Crippen LogP contribution in [0.5, 0.6) is 0 Å². The van der Waals surface area contributed by atoms with Gasteiger partial charge in [-0.3, -0.25) is 0 Å². The van der Waals surface area contributed by atoms with E-state index in [-0.39, 0.29) is 7.25 Å². The van der Waals surface area contributed by atoms with Crippen molar-refractivity contribution in [3.05, 3.63) is 81.9 Å². The second-order valence-electron chi connectivity index (χ2n) is 12.4. The molecule has 2 unspecified atom stereocenters. The van der Waals surface area contributed by atoms with E-state index in [1.165, 1.54) is 75.3 Å². The van der Waals surface area contributed by atoms with Crippen molar-refractivity contribution >= 4 is 35.5 Å². The average molecular weight is 613 g/mol. The monoisotopic (exact) mass is 610 g/mol. The molecule has 0 N–H and O–H groups in total. The predicted octanol–water partition coefficient (Wildman–Crippen LogP) is 10.7. The first-order valence-electron chi connectivity index (χ1n) is 14.5. The standard InChI is InChI=1S/C32H38Si.2ClH.Zr/c1-23-21-25-13-9-11-19-29(25)31(23)33(27-15-5-3-6-16-27,28-17-7-4-8-18-28)32-24(2)22-26-14-10-12-20-30(26)32;;;/h9-14,19-22,27-28H,3-8,15-18H2,1-2H3;2*1H;/q;;;+2/p-2. The number of fused-ring (bicyclic) bond motifs is 8. The Morgan fingerprint density at radius 1 is 0.611 bits per heavy atom. The summed E-state index contributed by atoms with van der Waals surface area (Å²) in [6.07, 6.45) is 14.2. The summed E-state index contributed by atoms with van der Waals surface area (Å²) < 4.78 is 0.557. The molecule has 1 aliphatic heterocycles. The van der Waals surface area contributed by atoms with Crippen molar-refractivity contribution in [2.24, 2.45) is 0 Å². The molecule has 0 spiro atoms. The molecule has 2 atom stereocenters. The third-order valence-corrected chi connectivity index (χ3v) is 30.2. The van der Waals surface area contributed by atoms with Gasteiger partial charge in [0.15, 0.2) is 0 Å². The Bertz CT molecular complexity index is 1180. The normalized spacial score (nSPS) is 29.1. The molecule has 188 valence electrons. The Kier molecular flexibility index (Phi) is 6.21. The molecular weight excluding hydrogens is 575 g/mol. The molecule has 1 heterocycles. The molecule has 4 aliphatic carbocycles. The molecule has 0 saturated heterocycles. The van der Waals surface area contributed by atoms with Crippen molar-refractivity contribution in [2.75, 3.05) is 0 Å². The molecule has 2 aromatic carbocycles. The molecule has 0 nitrogen and oxygen atoms in total. The van der Waals surface area contributed by atoms with Crippen LogP contribution in [0.25, 0.3) is 10.4 Å². The van der Waals surface area contributed by atoms with Gasteiger partial charge in [0.1, 0.15) is 0 Å². The van der Waals surface area contributed by atoms with Crippen molar-refractivity contribution in [1.29, 1.82) is 0 Å². The average Bonchev–Trinajstić information content (AvgIpc) is 3.39. The van der Waals surface area contributed by atoms with Gasteiger partial charge in [0.05, 0.1) is 0 Å². The van der Waals surface area contributed by atoms with Gasteiger partial charge in [-0.1, -0.05) is 0 Å². The fraction of sp³-hybridized carbons (Fsp3) is 0.500. The first kappa shape index (κ1) is 24.6. The van der Waals surface area contributed by atoms with E-state index in [2.05, 4.69) is 62.4 Å². The second kappa shape index (κ2) is 9.08. The van der Waals surface area contributed by atoms with Crippen LogP contribution in [0.1, 0.15) is 108 Å². The van der Waals surface area contributed by atoms with Crippen LogP contribution < -0.4 is 0 Å². The van der Waals surface area contributed by atoms with E-state index in [0.29, 0.717) is 0 Å². The topological polar surface area (TPSA) is 0 Å². The summed E-state index contributed by atoms with van der Waals surface area (Å²) in [7, 11) is 13.6. The van der Waals surface area contributed by atoms with E-state index in [1.807, 2.05) is 10.4 Å². The van der Waals surface area contributed by atoms with Crippen LogP contribution in [0.4, 0.5) is 0 Å². The molecular formula is C32H38Cl2SiZr. The number of halogens is 2. The third-order valence-electron chi connectivity index (χ3n) is 10.8. The van der Waals surface area contributed by atoms with Gasteiger partial charge in [0.25, 0.3) is 0 Å². The van der Waals surface area contributed by atoms with E-state index in [4.69, 9.17) is 17.0 Å². The number of rotatable bonds is 2. The summed E-state index contributed by atoms with van der Waals surface area (Å²) in [4.78, 5) is 0. The summed E-state index contributed by atoms with van der Waals surface area (Å²) in [6, 6.07) is 18.8. The minimum atomic E-state index is -3.76. The summed E-state index contributed by atoms with van der Waals surface area (Å²) in [5.41, 5.74) is 11.0. The summed E-state index contributed by atoms with van der Waals surface area (Å²) >= 11 is -3.76. The quantitative estimate of drug-likeness (QED) is 0.296. The second-order valence-corrected chi connectivity index (χ2v) is 31.4. The number of benzene rings is 2. The Hall–Kier alpha value is -0.400. The van der Waals surface area contributed by atoms with Gasteiger partial charge in [-0.25, -0.2) is 0 Å². The maximum absolute atomic E-state index is 7.87. The molecule has 2 saturated carbocycles. The Balaban J connectivity index is 1.64. The Morgan fingerprint density at radius 2 is 1.00 bits per heavy atom. The fourth-order valence-electron chi connectivity index (χ4n) is 9.78. The van der Waals surface area contributed by atoms with E-state index < -0.39 is 26.0 Å². The number of hydrogen-bond acceptors (Lipinski definition) is 0. The maximum atomic E-state index is 7.87. The number of hydrogen-bond donors (Lipinski definition) is 0. The van der Waals surface area contributed by atoms with Crippen LogP contribution in [0.3, 0.4) is 0 Å². The first-order valence-corrected chi connectivity index (χ1v) is 25.8. The molecule has 2 fully saturated rings. The third kappa shape index (κ3) is 3.20. The van der Waals surface area contributed by atoms with Crippen molar-refractivity contribution in [3.8, 4) is 0 Å². The van der Waals surface area contributed by atoms with E-state index in [9.17, 15) is 0 Å². The van der Waals surface area contributed by atoms with E-state index >= 15 is 0 Å². The van der Waals surface area contributed by atoms with Gasteiger partial charge >= 0.3 is 232 Å². The van der Waals surface area contributed by atoms with Crippen LogP contribution in [0.15, 0.2) is 59.7 Å².